The fourth-order valence-corrected chi connectivity index (χ4v) is 2.94. The molecule has 0 saturated heterocycles. The first kappa shape index (κ1) is 18.7. The predicted molar refractivity (Wildman–Crippen MR) is 110 cm³/mol. The van der Waals surface area contributed by atoms with Gasteiger partial charge in [0.25, 0.3) is 0 Å². The van der Waals surface area contributed by atoms with E-state index in [0.29, 0.717) is 27.5 Å². The number of benzene rings is 3. The molecule has 4 rings (SSSR count). The highest BCUT2D eigenvalue weighted by atomic mass is 35.5. The number of cyclic esters (lactones) is 1. The molecule has 1 aliphatic heterocycles. The minimum absolute atomic E-state index is 0.131. The van der Waals surface area contributed by atoms with E-state index >= 15 is 0 Å². The minimum Gasteiger partial charge on any atom is -0.423 e. The van der Waals surface area contributed by atoms with Gasteiger partial charge in [-0.1, -0.05) is 54.1 Å². The summed E-state index contributed by atoms with van der Waals surface area (Å²) in [4.78, 5) is 28.6. The van der Waals surface area contributed by atoms with E-state index in [9.17, 15) is 9.59 Å². The van der Waals surface area contributed by atoms with Crippen molar-refractivity contribution in [2.45, 2.75) is 0 Å². The number of ether oxygens (including phenoxy) is 2. The minimum atomic E-state index is -0.577. The summed E-state index contributed by atoms with van der Waals surface area (Å²) >= 11 is 6.14. The zero-order chi connectivity index (χ0) is 20.2. The third kappa shape index (κ3) is 4.25. The molecule has 0 unspecified atom stereocenters. The molecular formula is C23H14ClNO4. The van der Waals surface area contributed by atoms with Crippen molar-refractivity contribution in [1.82, 2.24) is 0 Å². The second-order valence-corrected chi connectivity index (χ2v) is 6.55. The molecule has 1 aliphatic rings. The lowest BCUT2D eigenvalue weighted by molar-refractivity contribution is -0.129. The molecule has 29 heavy (non-hydrogen) atoms. The highest BCUT2D eigenvalue weighted by molar-refractivity contribution is 6.34. The summed E-state index contributed by atoms with van der Waals surface area (Å²) in [7, 11) is 0. The van der Waals surface area contributed by atoms with Crippen LogP contribution in [-0.4, -0.2) is 17.8 Å². The highest BCUT2D eigenvalue weighted by Crippen LogP contribution is 2.24. The average Bonchev–Trinajstić information content (AvgIpc) is 3.09. The lowest BCUT2D eigenvalue weighted by Gasteiger charge is -2.05. The van der Waals surface area contributed by atoms with Gasteiger partial charge in [0.05, 0.1) is 16.1 Å². The van der Waals surface area contributed by atoms with Crippen LogP contribution < -0.4 is 4.74 Å². The van der Waals surface area contributed by atoms with Gasteiger partial charge in [-0.2, -0.15) is 0 Å². The molecule has 0 saturated carbocycles. The Labute approximate surface area is 171 Å². The van der Waals surface area contributed by atoms with Crippen molar-refractivity contribution in [1.29, 1.82) is 0 Å². The summed E-state index contributed by atoms with van der Waals surface area (Å²) in [5.41, 5.74) is 1.76. The summed E-state index contributed by atoms with van der Waals surface area (Å²) in [5.74, 6) is -0.533. The zero-order valence-electron chi connectivity index (χ0n) is 15.0. The van der Waals surface area contributed by atoms with Crippen LogP contribution in [0, 0.1) is 0 Å². The summed E-state index contributed by atoms with van der Waals surface area (Å²) in [6.07, 6.45) is 1.56. The molecule has 0 N–H and O–H groups in total. The van der Waals surface area contributed by atoms with Crippen LogP contribution in [0.1, 0.15) is 21.5 Å². The van der Waals surface area contributed by atoms with E-state index in [0.717, 1.165) is 0 Å². The van der Waals surface area contributed by atoms with Crippen molar-refractivity contribution in [2.24, 2.45) is 4.99 Å². The molecular weight excluding hydrogens is 390 g/mol. The van der Waals surface area contributed by atoms with E-state index in [1.54, 1.807) is 78.9 Å². The smallest absolute Gasteiger partial charge is 0.363 e. The molecule has 0 aliphatic carbocycles. The molecule has 0 bridgehead atoms. The molecule has 0 amide bonds. The van der Waals surface area contributed by atoms with E-state index < -0.39 is 11.9 Å². The van der Waals surface area contributed by atoms with Gasteiger partial charge >= 0.3 is 11.9 Å². The summed E-state index contributed by atoms with van der Waals surface area (Å²) in [6, 6.07) is 22.5. The van der Waals surface area contributed by atoms with Crippen LogP contribution in [0.15, 0.2) is 89.6 Å². The van der Waals surface area contributed by atoms with Crippen LogP contribution in [-0.2, 0) is 9.53 Å². The Balaban J connectivity index is 1.57. The van der Waals surface area contributed by atoms with Crippen molar-refractivity contribution >= 4 is 35.5 Å². The van der Waals surface area contributed by atoms with Gasteiger partial charge < -0.3 is 9.47 Å². The molecule has 1 heterocycles. The molecule has 0 radical (unpaired) electrons. The average molecular weight is 404 g/mol. The zero-order valence-corrected chi connectivity index (χ0v) is 15.8. The fraction of sp³-hybridized carbons (Fsp3) is 0. The summed E-state index contributed by atoms with van der Waals surface area (Å²) < 4.78 is 10.6. The van der Waals surface area contributed by atoms with Crippen LogP contribution in [0.3, 0.4) is 0 Å². The second-order valence-electron chi connectivity index (χ2n) is 6.14. The Morgan fingerprint density at radius 3 is 2.52 bits per heavy atom. The van der Waals surface area contributed by atoms with Gasteiger partial charge in [-0.3, -0.25) is 0 Å². The van der Waals surface area contributed by atoms with E-state index in [-0.39, 0.29) is 11.6 Å². The van der Waals surface area contributed by atoms with Gasteiger partial charge in [0.2, 0.25) is 5.90 Å². The second kappa shape index (κ2) is 8.12. The number of hydrogen-bond acceptors (Lipinski definition) is 5. The van der Waals surface area contributed by atoms with Gasteiger partial charge in [-0.15, -0.1) is 0 Å². The Morgan fingerprint density at radius 2 is 1.72 bits per heavy atom. The molecule has 3 aromatic carbocycles. The lowest BCUT2D eigenvalue weighted by Crippen LogP contribution is -2.08. The SMILES string of the molecule is O=C1OC(c2ccccc2Cl)=N/C1=C\c1cccc(OC(=O)c2ccccc2)c1. The van der Waals surface area contributed by atoms with Crippen molar-refractivity contribution in [3.63, 3.8) is 0 Å². The van der Waals surface area contributed by atoms with Gasteiger partial charge in [-0.05, 0) is 48.0 Å². The van der Waals surface area contributed by atoms with E-state index in [1.807, 2.05) is 6.07 Å². The third-order valence-corrected chi connectivity index (χ3v) is 4.44. The van der Waals surface area contributed by atoms with Crippen LogP contribution in [0.2, 0.25) is 5.02 Å². The maximum atomic E-state index is 12.2. The van der Waals surface area contributed by atoms with Crippen LogP contribution >= 0.6 is 11.6 Å². The number of aliphatic imine (C=N–C) groups is 1. The standard InChI is InChI=1S/C23H14ClNO4/c24-19-12-5-4-11-18(19)21-25-20(23(27)29-21)14-15-7-6-10-17(13-15)28-22(26)16-8-2-1-3-9-16/h1-14H/b20-14-. The number of carbonyl (C=O) groups is 2. The normalized spacial score (nSPS) is 14.4. The molecule has 5 nitrogen and oxygen atoms in total. The fourth-order valence-electron chi connectivity index (χ4n) is 2.72. The predicted octanol–water partition coefficient (Wildman–Crippen LogP) is 4.90. The molecule has 0 fully saturated rings. The first-order chi connectivity index (χ1) is 14.1. The topological polar surface area (TPSA) is 65.0 Å². The molecule has 0 aromatic heterocycles. The first-order valence-corrected chi connectivity index (χ1v) is 9.13. The highest BCUT2D eigenvalue weighted by Gasteiger charge is 2.25. The monoisotopic (exact) mass is 403 g/mol. The molecule has 142 valence electrons. The number of carbonyl (C=O) groups excluding carboxylic acids is 2. The summed E-state index contributed by atoms with van der Waals surface area (Å²) in [6.45, 7) is 0. The third-order valence-electron chi connectivity index (χ3n) is 4.11. The molecule has 0 spiro atoms. The maximum absolute atomic E-state index is 12.2. The molecule has 6 heteroatoms. The van der Waals surface area contributed by atoms with Crippen molar-refractivity contribution in [3.8, 4) is 5.75 Å². The van der Waals surface area contributed by atoms with Crippen molar-refractivity contribution in [3.05, 3.63) is 106 Å². The van der Waals surface area contributed by atoms with Gasteiger partial charge in [-0.25, -0.2) is 14.6 Å². The first-order valence-electron chi connectivity index (χ1n) is 8.75. The number of nitrogens with zero attached hydrogens (tertiary/aromatic N) is 1. The van der Waals surface area contributed by atoms with E-state index in [1.165, 1.54) is 0 Å². The number of hydrogen-bond donors (Lipinski definition) is 0. The van der Waals surface area contributed by atoms with E-state index in [4.69, 9.17) is 21.1 Å². The Kier molecular flexibility index (Phi) is 5.22. The molecule has 0 atom stereocenters. The van der Waals surface area contributed by atoms with Gasteiger partial charge in [0, 0.05) is 0 Å². The Morgan fingerprint density at radius 1 is 0.966 bits per heavy atom. The van der Waals surface area contributed by atoms with Gasteiger partial charge in [0.15, 0.2) is 5.70 Å². The number of esters is 2. The quantitative estimate of drug-likeness (QED) is 0.353. The number of rotatable bonds is 4. The molecule has 3 aromatic rings. The van der Waals surface area contributed by atoms with Crippen molar-refractivity contribution < 1.29 is 19.1 Å². The van der Waals surface area contributed by atoms with Crippen molar-refractivity contribution in [2.75, 3.05) is 0 Å². The lowest BCUT2D eigenvalue weighted by atomic mass is 10.2. The van der Waals surface area contributed by atoms with Gasteiger partial charge in [0.1, 0.15) is 5.75 Å². The van der Waals surface area contributed by atoms with Crippen LogP contribution in [0.5, 0.6) is 5.75 Å². The Hall–Kier alpha value is -3.70. The van der Waals surface area contributed by atoms with E-state index in [2.05, 4.69) is 4.99 Å². The summed E-state index contributed by atoms with van der Waals surface area (Å²) in [5, 5.41) is 0.440. The van der Waals surface area contributed by atoms with Crippen LogP contribution in [0.25, 0.3) is 6.08 Å². The van der Waals surface area contributed by atoms with Crippen LogP contribution in [0.4, 0.5) is 0 Å². The largest absolute Gasteiger partial charge is 0.423 e. The maximum Gasteiger partial charge on any atom is 0.363 e. The number of halogens is 1. The Bertz CT molecular complexity index is 1150.